The van der Waals surface area contributed by atoms with E-state index in [-0.39, 0.29) is 5.75 Å². The van der Waals surface area contributed by atoms with Gasteiger partial charge in [0.2, 0.25) is 0 Å². The van der Waals surface area contributed by atoms with Crippen LogP contribution in [0.2, 0.25) is 0 Å². The van der Waals surface area contributed by atoms with Crippen LogP contribution in [0.3, 0.4) is 0 Å². The zero-order valence-corrected chi connectivity index (χ0v) is 9.95. The first-order valence-electron chi connectivity index (χ1n) is 5.41. The Morgan fingerprint density at radius 1 is 1.39 bits per heavy atom. The summed E-state index contributed by atoms with van der Waals surface area (Å²) in [5, 5.41) is 9.65. The first-order valence-corrected chi connectivity index (χ1v) is 5.41. The maximum Gasteiger partial charge on any atom is 0.124 e. The third-order valence-electron chi connectivity index (χ3n) is 2.34. The lowest BCUT2D eigenvalue weighted by atomic mass is 10.2. The first-order chi connectivity index (χ1) is 8.79. The quantitative estimate of drug-likeness (QED) is 0.831. The van der Waals surface area contributed by atoms with Crippen LogP contribution in [-0.4, -0.2) is 28.4 Å². The van der Waals surface area contributed by atoms with Gasteiger partial charge >= 0.3 is 0 Å². The number of hydrogen-bond acceptors (Lipinski definition) is 5. The number of nitrogens with zero attached hydrogens (tertiary/aromatic N) is 3. The molecule has 0 aliphatic heterocycles. The van der Waals surface area contributed by atoms with Crippen LogP contribution in [0.1, 0.15) is 11.3 Å². The van der Waals surface area contributed by atoms with Gasteiger partial charge in [-0.2, -0.15) is 0 Å². The fraction of sp³-hybridized carbons (Fsp3) is 0.154. The summed E-state index contributed by atoms with van der Waals surface area (Å²) in [7, 11) is 1.58. The summed E-state index contributed by atoms with van der Waals surface area (Å²) in [6.45, 7) is 0.421. The monoisotopic (exact) mass is 243 g/mol. The van der Waals surface area contributed by atoms with Crippen LogP contribution in [0.5, 0.6) is 11.5 Å². The van der Waals surface area contributed by atoms with Gasteiger partial charge in [0.1, 0.15) is 11.5 Å². The fourth-order valence-electron chi connectivity index (χ4n) is 1.41. The smallest absolute Gasteiger partial charge is 0.124 e. The minimum Gasteiger partial charge on any atom is -0.507 e. The minimum absolute atomic E-state index is 0.165. The lowest BCUT2D eigenvalue weighted by Crippen LogP contribution is -1.90. The molecule has 2 rings (SSSR count). The second kappa shape index (κ2) is 5.77. The van der Waals surface area contributed by atoms with Gasteiger partial charge in [-0.25, -0.2) is 0 Å². The number of aromatic nitrogens is 2. The van der Waals surface area contributed by atoms with Crippen molar-refractivity contribution < 1.29 is 9.84 Å². The van der Waals surface area contributed by atoms with Crippen molar-refractivity contribution in [3.05, 3.63) is 48.0 Å². The van der Waals surface area contributed by atoms with Crippen molar-refractivity contribution in [1.82, 2.24) is 9.97 Å². The Morgan fingerprint density at radius 3 is 3.00 bits per heavy atom. The summed E-state index contributed by atoms with van der Waals surface area (Å²) >= 11 is 0. The summed E-state index contributed by atoms with van der Waals surface area (Å²) in [5.74, 6) is 0.840. The second-order valence-electron chi connectivity index (χ2n) is 3.59. The molecule has 0 atom stereocenters. The Balaban J connectivity index is 2.09. The summed E-state index contributed by atoms with van der Waals surface area (Å²) in [6.07, 6.45) is 6.48. The summed E-state index contributed by atoms with van der Waals surface area (Å²) in [5.41, 5.74) is 1.38. The average Bonchev–Trinajstić information content (AvgIpc) is 2.42. The van der Waals surface area contributed by atoms with E-state index >= 15 is 0 Å². The molecule has 18 heavy (non-hydrogen) atoms. The lowest BCUT2D eigenvalue weighted by molar-refractivity contribution is 0.412. The topological polar surface area (TPSA) is 67.6 Å². The molecule has 92 valence electrons. The summed E-state index contributed by atoms with van der Waals surface area (Å²) in [4.78, 5) is 12.3. The van der Waals surface area contributed by atoms with Crippen molar-refractivity contribution in [2.24, 2.45) is 4.99 Å². The molecule has 1 heterocycles. The van der Waals surface area contributed by atoms with Crippen LogP contribution in [0.15, 0.2) is 41.8 Å². The first kappa shape index (κ1) is 12.0. The molecule has 0 spiro atoms. The Labute approximate surface area is 105 Å². The van der Waals surface area contributed by atoms with E-state index < -0.39 is 0 Å². The number of ether oxygens (including phenoxy) is 1. The molecular formula is C13H13N3O2. The highest BCUT2D eigenvalue weighted by Gasteiger charge is 2.00. The van der Waals surface area contributed by atoms with Crippen molar-refractivity contribution in [3.8, 4) is 11.5 Å². The van der Waals surface area contributed by atoms with E-state index in [1.54, 1.807) is 50.1 Å². The number of benzene rings is 1. The second-order valence-corrected chi connectivity index (χ2v) is 3.59. The van der Waals surface area contributed by atoms with Crippen LogP contribution in [0.4, 0.5) is 0 Å². The van der Waals surface area contributed by atoms with Gasteiger partial charge in [-0.3, -0.25) is 15.0 Å². The average molecular weight is 243 g/mol. The number of methoxy groups -OCH3 is 1. The maximum absolute atomic E-state index is 9.65. The van der Waals surface area contributed by atoms with Crippen molar-refractivity contribution in [2.75, 3.05) is 7.11 Å². The zero-order valence-electron chi connectivity index (χ0n) is 9.95. The normalized spacial score (nSPS) is 10.7. The van der Waals surface area contributed by atoms with Crippen molar-refractivity contribution in [3.63, 3.8) is 0 Å². The van der Waals surface area contributed by atoms with Crippen LogP contribution in [0.25, 0.3) is 0 Å². The molecule has 0 radical (unpaired) electrons. The molecule has 0 aliphatic carbocycles. The van der Waals surface area contributed by atoms with Gasteiger partial charge in [0.25, 0.3) is 0 Å². The van der Waals surface area contributed by atoms with E-state index in [1.807, 2.05) is 0 Å². The van der Waals surface area contributed by atoms with E-state index in [0.29, 0.717) is 17.9 Å². The van der Waals surface area contributed by atoms with E-state index in [1.165, 1.54) is 0 Å². The molecule has 0 saturated carbocycles. The minimum atomic E-state index is 0.165. The number of rotatable bonds is 4. The molecule has 0 fully saturated rings. The highest BCUT2D eigenvalue weighted by atomic mass is 16.5. The highest BCUT2D eigenvalue weighted by molar-refractivity contribution is 5.84. The zero-order chi connectivity index (χ0) is 12.8. The third kappa shape index (κ3) is 3.04. The molecule has 2 aromatic rings. The van der Waals surface area contributed by atoms with Crippen molar-refractivity contribution in [1.29, 1.82) is 0 Å². The number of phenols is 1. The Morgan fingerprint density at radius 2 is 2.28 bits per heavy atom. The third-order valence-corrected chi connectivity index (χ3v) is 2.34. The Bertz CT molecular complexity index is 541. The van der Waals surface area contributed by atoms with E-state index in [9.17, 15) is 5.11 Å². The highest BCUT2D eigenvalue weighted by Crippen LogP contribution is 2.21. The van der Waals surface area contributed by atoms with Gasteiger partial charge in [0, 0.05) is 24.2 Å². The molecule has 1 aromatic carbocycles. The Hall–Kier alpha value is -2.43. The summed E-state index contributed by atoms with van der Waals surface area (Å²) < 4.78 is 5.08. The lowest BCUT2D eigenvalue weighted by Gasteiger charge is -2.02. The van der Waals surface area contributed by atoms with Crippen LogP contribution in [-0.2, 0) is 6.54 Å². The largest absolute Gasteiger partial charge is 0.507 e. The predicted octanol–water partition coefficient (Wildman–Crippen LogP) is 1.81. The van der Waals surface area contributed by atoms with Crippen LogP contribution < -0.4 is 4.74 Å². The molecule has 0 bridgehead atoms. The van der Waals surface area contributed by atoms with Gasteiger partial charge in [-0.15, -0.1) is 0 Å². The molecule has 0 amide bonds. The predicted molar refractivity (Wildman–Crippen MR) is 68.0 cm³/mol. The maximum atomic E-state index is 9.65. The van der Waals surface area contributed by atoms with Crippen LogP contribution in [0, 0.1) is 0 Å². The molecule has 1 aromatic heterocycles. The van der Waals surface area contributed by atoms with Gasteiger partial charge in [-0.1, -0.05) is 0 Å². The molecular weight excluding hydrogens is 230 g/mol. The molecule has 1 N–H and O–H groups in total. The number of aliphatic imine (C=N–C) groups is 1. The van der Waals surface area contributed by atoms with Gasteiger partial charge in [0.15, 0.2) is 0 Å². The SMILES string of the molecule is COc1ccc(O)c(C=NCc2cnccn2)c1. The van der Waals surface area contributed by atoms with E-state index in [0.717, 1.165) is 5.69 Å². The molecule has 5 nitrogen and oxygen atoms in total. The van der Waals surface area contributed by atoms with E-state index in [4.69, 9.17) is 4.74 Å². The molecule has 5 heteroatoms. The van der Waals surface area contributed by atoms with Gasteiger partial charge < -0.3 is 9.84 Å². The molecule has 0 unspecified atom stereocenters. The number of phenolic OH excluding ortho intramolecular Hbond substituents is 1. The van der Waals surface area contributed by atoms with Crippen molar-refractivity contribution >= 4 is 6.21 Å². The van der Waals surface area contributed by atoms with E-state index in [2.05, 4.69) is 15.0 Å². The fourth-order valence-corrected chi connectivity index (χ4v) is 1.41. The molecule has 0 saturated heterocycles. The van der Waals surface area contributed by atoms with Crippen molar-refractivity contribution in [2.45, 2.75) is 6.54 Å². The Kier molecular flexibility index (Phi) is 3.86. The standard InChI is InChI=1S/C13H13N3O2/c1-18-12-2-3-13(17)10(6-12)7-15-9-11-8-14-4-5-16-11/h2-8,17H,9H2,1H3. The molecule has 0 aliphatic rings. The van der Waals surface area contributed by atoms with Gasteiger partial charge in [-0.05, 0) is 18.2 Å². The number of aromatic hydroxyl groups is 1. The van der Waals surface area contributed by atoms with Gasteiger partial charge in [0.05, 0.1) is 25.5 Å². The van der Waals surface area contributed by atoms with Crippen LogP contribution >= 0.6 is 0 Å². The number of hydrogen-bond donors (Lipinski definition) is 1. The summed E-state index contributed by atoms with van der Waals surface area (Å²) in [6, 6.07) is 4.98.